The van der Waals surface area contributed by atoms with E-state index in [4.69, 9.17) is 19.4 Å². The van der Waals surface area contributed by atoms with Crippen LogP contribution in [0, 0.1) is 0 Å². The molecular formula is C55H38N4O. The number of furan rings is 1. The molecular weight excluding hydrogens is 733 g/mol. The number of fused-ring (bicyclic) bond motifs is 8. The lowest BCUT2D eigenvalue weighted by molar-refractivity contribution is 0.669. The summed E-state index contributed by atoms with van der Waals surface area (Å²) in [5, 5.41) is 9.01. The normalized spacial score (nSPS) is 11.5. The van der Waals surface area contributed by atoms with Crippen LogP contribution < -0.4 is 0 Å². The van der Waals surface area contributed by atoms with Crippen LogP contribution in [0.4, 0.5) is 0 Å². The highest BCUT2D eigenvalue weighted by Crippen LogP contribution is 2.43. The Kier molecular flexibility index (Phi) is 8.52. The molecule has 0 amide bonds. The summed E-state index contributed by atoms with van der Waals surface area (Å²) in [5.41, 5.74) is 10.0. The van der Waals surface area contributed by atoms with Crippen molar-refractivity contribution in [2.75, 3.05) is 0 Å². The van der Waals surface area contributed by atoms with Gasteiger partial charge in [-0.25, -0.2) is 4.98 Å². The largest absolute Gasteiger partial charge is 0.456 e. The van der Waals surface area contributed by atoms with E-state index in [2.05, 4.69) is 180 Å². The van der Waals surface area contributed by atoms with Crippen molar-refractivity contribution in [2.24, 2.45) is 0 Å². The van der Waals surface area contributed by atoms with E-state index in [0.29, 0.717) is 17.6 Å². The molecule has 0 bridgehead atoms. The van der Waals surface area contributed by atoms with Gasteiger partial charge in [0.25, 0.3) is 0 Å². The lowest BCUT2D eigenvalue weighted by Crippen LogP contribution is -2.07. The van der Waals surface area contributed by atoms with Crippen molar-refractivity contribution < 1.29 is 4.42 Å². The predicted octanol–water partition coefficient (Wildman–Crippen LogP) is 14.9. The molecule has 0 unspecified atom stereocenters. The second kappa shape index (κ2) is 14.5. The Balaban J connectivity index is 0.00000201. The fourth-order valence-corrected chi connectivity index (χ4v) is 8.67. The first-order valence-corrected chi connectivity index (χ1v) is 20.5. The zero-order valence-electron chi connectivity index (χ0n) is 33.2. The van der Waals surface area contributed by atoms with E-state index in [0.717, 1.165) is 93.3 Å². The van der Waals surface area contributed by atoms with Crippen LogP contribution in [0.25, 0.3) is 116 Å². The van der Waals surface area contributed by atoms with Crippen LogP contribution in [-0.4, -0.2) is 19.5 Å². The standard InChI is InChI=1S/C53H32N4O.C2H6/c1-2-12-33(13-3-1)35-24-27-36(28-25-35)51-54-52(40-29-26-34-14-4-5-15-37(34)30-40)56-53(55-51)57-46-32-39-17-7-6-16-38(39)31-45(46)43-21-10-20-42(50(43)57)41-19-11-23-48-49(41)44-18-8-9-22-47(44)58-48;1-2/h1-32H;1-2H3. The summed E-state index contributed by atoms with van der Waals surface area (Å²) in [6.45, 7) is 4.00. The predicted molar refractivity (Wildman–Crippen MR) is 250 cm³/mol. The van der Waals surface area contributed by atoms with Gasteiger partial charge in [0.1, 0.15) is 11.2 Å². The number of hydrogen-bond donors (Lipinski definition) is 0. The van der Waals surface area contributed by atoms with Crippen LogP contribution in [0.2, 0.25) is 0 Å². The molecule has 5 heteroatoms. The van der Waals surface area contributed by atoms with Crippen molar-refractivity contribution >= 4 is 65.3 Å². The van der Waals surface area contributed by atoms with Gasteiger partial charge in [-0.1, -0.05) is 178 Å². The summed E-state index contributed by atoms with van der Waals surface area (Å²) < 4.78 is 8.66. The Morgan fingerprint density at radius 3 is 1.75 bits per heavy atom. The van der Waals surface area contributed by atoms with Gasteiger partial charge in [-0.3, -0.25) is 4.57 Å². The molecule has 0 aliphatic carbocycles. The monoisotopic (exact) mass is 770 g/mol. The molecule has 0 radical (unpaired) electrons. The third kappa shape index (κ3) is 5.82. The van der Waals surface area contributed by atoms with E-state index in [9.17, 15) is 0 Å². The number of para-hydroxylation sites is 2. The first-order valence-electron chi connectivity index (χ1n) is 20.5. The highest BCUT2D eigenvalue weighted by Gasteiger charge is 2.23. The zero-order valence-corrected chi connectivity index (χ0v) is 33.2. The van der Waals surface area contributed by atoms with Gasteiger partial charge in [0.2, 0.25) is 5.95 Å². The highest BCUT2D eigenvalue weighted by atomic mass is 16.3. The fraction of sp³-hybridized carbons (Fsp3) is 0.0364. The first-order chi connectivity index (χ1) is 29.7. The molecule has 12 aromatic rings. The average Bonchev–Trinajstić information content (AvgIpc) is 3.87. The molecule has 3 heterocycles. The minimum atomic E-state index is 0.548. The molecule has 5 nitrogen and oxygen atoms in total. The van der Waals surface area contributed by atoms with Crippen molar-refractivity contribution in [1.29, 1.82) is 0 Å². The van der Waals surface area contributed by atoms with E-state index in [1.165, 1.54) is 5.39 Å². The highest BCUT2D eigenvalue weighted by molar-refractivity contribution is 6.20. The molecule has 0 aliphatic rings. The Morgan fingerprint density at radius 2 is 0.950 bits per heavy atom. The van der Waals surface area contributed by atoms with E-state index >= 15 is 0 Å². The van der Waals surface area contributed by atoms with Gasteiger partial charge in [0.15, 0.2) is 11.6 Å². The van der Waals surface area contributed by atoms with Crippen LogP contribution in [0.3, 0.4) is 0 Å². The molecule has 0 saturated heterocycles. The third-order valence-corrected chi connectivity index (χ3v) is 11.4. The summed E-state index contributed by atoms with van der Waals surface area (Å²) in [7, 11) is 0. The van der Waals surface area contributed by atoms with Crippen LogP contribution in [-0.2, 0) is 0 Å². The van der Waals surface area contributed by atoms with Gasteiger partial charge >= 0.3 is 0 Å². The summed E-state index contributed by atoms with van der Waals surface area (Å²) in [5.74, 6) is 1.75. The maximum Gasteiger partial charge on any atom is 0.238 e. The van der Waals surface area contributed by atoms with Crippen molar-refractivity contribution in [1.82, 2.24) is 19.5 Å². The van der Waals surface area contributed by atoms with Gasteiger partial charge in [-0.05, 0) is 68.6 Å². The zero-order chi connectivity index (χ0) is 40.2. The molecule has 0 N–H and O–H groups in total. The molecule has 0 saturated carbocycles. The maximum absolute atomic E-state index is 6.41. The van der Waals surface area contributed by atoms with Crippen LogP contribution in [0.5, 0.6) is 0 Å². The minimum absolute atomic E-state index is 0.548. The third-order valence-electron chi connectivity index (χ3n) is 11.4. The Morgan fingerprint density at radius 1 is 0.383 bits per heavy atom. The van der Waals surface area contributed by atoms with Gasteiger partial charge in [-0.2, -0.15) is 9.97 Å². The molecule has 3 aromatic heterocycles. The van der Waals surface area contributed by atoms with Crippen molar-refractivity contribution in [3.05, 3.63) is 194 Å². The van der Waals surface area contributed by atoms with Crippen molar-refractivity contribution in [2.45, 2.75) is 13.8 Å². The summed E-state index contributed by atoms with van der Waals surface area (Å²) in [6.07, 6.45) is 0. The second-order valence-corrected chi connectivity index (χ2v) is 14.8. The quantitative estimate of drug-likeness (QED) is 0.175. The lowest BCUT2D eigenvalue weighted by atomic mass is 9.97. The average molecular weight is 771 g/mol. The van der Waals surface area contributed by atoms with Gasteiger partial charge in [0.05, 0.1) is 11.0 Å². The maximum atomic E-state index is 6.41. The molecule has 12 rings (SSSR count). The van der Waals surface area contributed by atoms with E-state index in [-0.39, 0.29) is 0 Å². The molecule has 9 aromatic carbocycles. The fourth-order valence-electron chi connectivity index (χ4n) is 8.67. The summed E-state index contributed by atoms with van der Waals surface area (Å²) >= 11 is 0. The van der Waals surface area contributed by atoms with Crippen molar-refractivity contribution in [3.8, 4) is 51.0 Å². The second-order valence-electron chi connectivity index (χ2n) is 14.8. The Bertz CT molecular complexity index is 3560. The van der Waals surface area contributed by atoms with Gasteiger partial charge < -0.3 is 4.42 Å². The summed E-state index contributed by atoms with van der Waals surface area (Å²) in [6, 6.07) is 68.1. The molecule has 0 aliphatic heterocycles. The molecule has 60 heavy (non-hydrogen) atoms. The molecule has 0 spiro atoms. The number of benzene rings is 9. The SMILES string of the molecule is CC.c1ccc(-c2ccc(-c3nc(-c4ccc5ccccc5c4)nc(-n4c5cc6ccccc6cc5c5cccc(-c6cccc7oc8ccccc8c67)c54)n3)cc2)cc1. The molecule has 284 valence electrons. The van der Waals surface area contributed by atoms with E-state index < -0.39 is 0 Å². The van der Waals surface area contributed by atoms with Crippen LogP contribution in [0.1, 0.15) is 13.8 Å². The minimum Gasteiger partial charge on any atom is -0.456 e. The topological polar surface area (TPSA) is 56.7 Å². The van der Waals surface area contributed by atoms with Crippen LogP contribution >= 0.6 is 0 Å². The van der Waals surface area contributed by atoms with E-state index in [1.54, 1.807) is 0 Å². The number of hydrogen-bond acceptors (Lipinski definition) is 4. The molecule has 0 fully saturated rings. The van der Waals surface area contributed by atoms with Gasteiger partial charge in [-0.15, -0.1) is 0 Å². The first kappa shape index (κ1) is 35.3. The van der Waals surface area contributed by atoms with Crippen molar-refractivity contribution in [3.63, 3.8) is 0 Å². The van der Waals surface area contributed by atoms with E-state index in [1.807, 2.05) is 32.0 Å². The number of rotatable bonds is 5. The Hall–Kier alpha value is -7.89. The lowest BCUT2D eigenvalue weighted by Gasteiger charge is -2.14. The smallest absolute Gasteiger partial charge is 0.238 e. The molecule has 0 atom stereocenters. The number of nitrogens with zero attached hydrogens (tertiary/aromatic N) is 4. The summed E-state index contributed by atoms with van der Waals surface area (Å²) in [4.78, 5) is 16.0. The number of aromatic nitrogens is 4. The van der Waals surface area contributed by atoms with Crippen LogP contribution in [0.15, 0.2) is 199 Å². The Labute approximate surface area is 346 Å². The van der Waals surface area contributed by atoms with Gasteiger partial charge in [0, 0.05) is 38.2 Å².